The minimum atomic E-state index is 0.194. The van der Waals surface area contributed by atoms with Crippen LogP contribution in [-0.4, -0.2) is 28.0 Å². The summed E-state index contributed by atoms with van der Waals surface area (Å²) in [5, 5.41) is 4.15. The second-order valence-corrected chi connectivity index (χ2v) is 3.76. The number of hydrogen-bond donors (Lipinski definition) is 0. The van der Waals surface area contributed by atoms with E-state index in [1.165, 1.54) is 0 Å². The van der Waals surface area contributed by atoms with Crippen molar-refractivity contribution in [2.45, 2.75) is 20.8 Å². The van der Waals surface area contributed by atoms with Crippen molar-refractivity contribution in [2.24, 2.45) is 12.5 Å². The third-order valence-electron chi connectivity index (χ3n) is 2.12. The highest BCUT2D eigenvalue weighted by atomic mass is 16.5. The molecule has 84 valence electrons. The molecular weight excluding hydrogens is 190 g/mol. The molecule has 4 nitrogen and oxygen atoms in total. The first kappa shape index (κ1) is 11.9. The van der Waals surface area contributed by atoms with Crippen LogP contribution < -0.4 is 0 Å². The van der Waals surface area contributed by atoms with Gasteiger partial charge < -0.3 is 4.74 Å². The van der Waals surface area contributed by atoms with Crippen LogP contribution in [0.4, 0.5) is 0 Å². The van der Waals surface area contributed by atoms with Crippen LogP contribution >= 0.6 is 0 Å². The molecule has 1 saturated heterocycles. The molecule has 0 bridgehead atoms. The number of ether oxygens (including phenoxy) is 1. The van der Waals surface area contributed by atoms with Crippen molar-refractivity contribution in [3.8, 4) is 0 Å². The largest absolute Gasteiger partial charge is 0.379 e. The highest BCUT2D eigenvalue weighted by Gasteiger charge is 2.30. The lowest BCUT2D eigenvalue weighted by Gasteiger charge is -2.34. The molecule has 0 aromatic carbocycles. The van der Waals surface area contributed by atoms with Gasteiger partial charge in [0, 0.05) is 12.5 Å². The van der Waals surface area contributed by atoms with E-state index in [0.29, 0.717) is 0 Å². The van der Waals surface area contributed by atoms with Gasteiger partial charge in [-0.2, -0.15) is 5.10 Å². The molecule has 1 fully saturated rings. The molecule has 1 aromatic heterocycles. The Morgan fingerprint density at radius 1 is 1.47 bits per heavy atom. The first-order valence-corrected chi connectivity index (χ1v) is 5.31. The molecule has 0 saturated carbocycles. The Balaban J connectivity index is 0.000000531. The first-order chi connectivity index (χ1) is 7.18. The summed E-state index contributed by atoms with van der Waals surface area (Å²) in [4.78, 5) is 4.10. The van der Waals surface area contributed by atoms with Gasteiger partial charge in [-0.05, 0) is 6.08 Å². The van der Waals surface area contributed by atoms with Crippen molar-refractivity contribution in [1.29, 1.82) is 0 Å². The molecule has 0 spiro atoms. The maximum absolute atomic E-state index is 5.13. The fourth-order valence-electron chi connectivity index (χ4n) is 1.23. The third kappa shape index (κ3) is 3.16. The zero-order valence-corrected chi connectivity index (χ0v) is 9.90. The van der Waals surface area contributed by atoms with Crippen molar-refractivity contribution >= 4 is 6.08 Å². The Hall–Kier alpha value is -1.16. The second-order valence-electron chi connectivity index (χ2n) is 3.76. The summed E-state index contributed by atoms with van der Waals surface area (Å²) in [6.45, 7) is 7.77. The van der Waals surface area contributed by atoms with E-state index in [-0.39, 0.29) is 5.41 Å². The quantitative estimate of drug-likeness (QED) is 0.746. The molecule has 0 unspecified atom stereocenters. The van der Waals surface area contributed by atoms with Gasteiger partial charge in [-0.25, -0.2) is 4.98 Å². The van der Waals surface area contributed by atoms with Crippen LogP contribution in [0.2, 0.25) is 0 Å². The molecule has 0 aliphatic carbocycles. The number of hydrogen-bond acceptors (Lipinski definition) is 3. The molecule has 0 amide bonds. The van der Waals surface area contributed by atoms with Gasteiger partial charge in [0.05, 0.1) is 13.2 Å². The van der Waals surface area contributed by atoms with Crippen molar-refractivity contribution in [2.75, 3.05) is 13.2 Å². The Morgan fingerprint density at radius 2 is 2.13 bits per heavy atom. The molecule has 4 heteroatoms. The van der Waals surface area contributed by atoms with Crippen molar-refractivity contribution < 1.29 is 4.74 Å². The summed E-state index contributed by atoms with van der Waals surface area (Å²) >= 11 is 0. The van der Waals surface area contributed by atoms with Gasteiger partial charge >= 0.3 is 0 Å². The van der Waals surface area contributed by atoms with Gasteiger partial charge in [-0.15, -0.1) is 0 Å². The molecule has 1 aromatic rings. The summed E-state index contributed by atoms with van der Waals surface area (Å²) in [5.74, 6) is 0.760. The van der Waals surface area contributed by atoms with Gasteiger partial charge in [0.15, 0.2) is 5.82 Å². The van der Waals surface area contributed by atoms with Crippen LogP contribution in [0.5, 0.6) is 0 Å². The monoisotopic (exact) mass is 209 g/mol. The van der Waals surface area contributed by atoms with Gasteiger partial charge in [-0.3, -0.25) is 4.68 Å². The van der Waals surface area contributed by atoms with E-state index in [2.05, 4.69) is 23.1 Å². The first-order valence-electron chi connectivity index (χ1n) is 5.31. The van der Waals surface area contributed by atoms with E-state index < -0.39 is 0 Å². The van der Waals surface area contributed by atoms with Crippen LogP contribution in [0.1, 0.15) is 26.6 Å². The topological polar surface area (TPSA) is 39.9 Å². The molecule has 0 atom stereocenters. The molecule has 1 aliphatic rings. The highest BCUT2D eigenvalue weighted by molar-refractivity contribution is 5.40. The minimum absolute atomic E-state index is 0.194. The standard InChI is InChI=1S/C9H13N3O.C2H6/c1-9(5-13-6-9)4-3-8-10-7-12(2)11-8;1-2/h3-4,7H,5-6H2,1-2H3;1-2H3/b4-3+;. The molecule has 0 radical (unpaired) electrons. The predicted molar refractivity (Wildman–Crippen MR) is 60.3 cm³/mol. The fraction of sp³-hybridized carbons (Fsp3) is 0.636. The normalized spacial score (nSPS) is 18.1. The lowest BCUT2D eigenvalue weighted by atomic mass is 9.88. The fourth-order valence-corrected chi connectivity index (χ4v) is 1.23. The Labute approximate surface area is 91.0 Å². The summed E-state index contributed by atoms with van der Waals surface area (Å²) in [6, 6.07) is 0. The van der Waals surface area contributed by atoms with Crippen molar-refractivity contribution in [3.63, 3.8) is 0 Å². The van der Waals surface area contributed by atoms with Crippen LogP contribution in [0.25, 0.3) is 6.08 Å². The summed E-state index contributed by atoms with van der Waals surface area (Å²) < 4.78 is 6.83. The maximum atomic E-state index is 5.13. The molecule has 2 rings (SSSR count). The van der Waals surface area contributed by atoms with E-state index in [4.69, 9.17) is 4.74 Å². The number of aryl methyl sites for hydroxylation is 1. The van der Waals surface area contributed by atoms with Crippen molar-refractivity contribution in [3.05, 3.63) is 18.2 Å². The average Bonchev–Trinajstić information content (AvgIpc) is 2.62. The lowest BCUT2D eigenvalue weighted by molar-refractivity contribution is -0.0703. The second kappa shape index (κ2) is 5.07. The predicted octanol–water partition coefficient (Wildman–Crippen LogP) is 1.89. The van der Waals surface area contributed by atoms with Gasteiger partial charge in [0.25, 0.3) is 0 Å². The maximum Gasteiger partial charge on any atom is 0.173 e. The van der Waals surface area contributed by atoms with E-state index in [0.717, 1.165) is 19.0 Å². The molecule has 0 N–H and O–H groups in total. The molecule has 15 heavy (non-hydrogen) atoms. The minimum Gasteiger partial charge on any atom is -0.379 e. The Kier molecular flexibility index (Phi) is 4.03. The van der Waals surface area contributed by atoms with E-state index in [1.54, 1.807) is 11.0 Å². The molecule has 2 heterocycles. The Bertz CT molecular complexity index is 326. The SMILES string of the molecule is CC.Cn1cnc(/C=C/C2(C)COC2)n1. The van der Waals surface area contributed by atoms with Crippen LogP contribution in [0.15, 0.2) is 12.4 Å². The van der Waals surface area contributed by atoms with E-state index in [9.17, 15) is 0 Å². The van der Waals surface area contributed by atoms with Gasteiger partial charge in [0.1, 0.15) is 6.33 Å². The van der Waals surface area contributed by atoms with Crippen LogP contribution in [0.3, 0.4) is 0 Å². The number of rotatable bonds is 2. The third-order valence-corrected chi connectivity index (χ3v) is 2.12. The summed E-state index contributed by atoms with van der Waals surface area (Å²) in [5.41, 5.74) is 0.194. The summed E-state index contributed by atoms with van der Waals surface area (Å²) in [7, 11) is 1.86. The van der Waals surface area contributed by atoms with Gasteiger partial charge in [0.2, 0.25) is 0 Å². The lowest BCUT2D eigenvalue weighted by Crippen LogP contribution is -2.37. The molecular formula is C11H19N3O. The average molecular weight is 209 g/mol. The number of nitrogens with zero attached hydrogens (tertiary/aromatic N) is 3. The zero-order valence-electron chi connectivity index (χ0n) is 9.90. The zero-order chi connectivity index (χ0) is 11.3. The van der Waals surface area contributed by atoms with Gasteiger partial charge in [-0.1, -0.05) is 26.8 Å². The summed E-state index contributed by atoms with van der Waals surface area (Å²) in [6.07, 6.45) is 5.76. The smallest absolute Gasteiger partial charge is 0.173 e. The van der Waals surface area contributed by atoms with Crippen LogP contribution in [-0.2, 0) is 11.8 Å². The Morgan fingerprint density at radius 3 is 2.53 bits per heavy atom. The van der Waals surface area contributed by atoms with Crippen LogP contribution in [0, 0.1) is 5.41 Å². The molecule has 1 aliphatic heterocycles. The van der Waals surface area contributed by atoms with E-state index >= 15 is 0 Å². The number of aromatic nitrogens is 3. The highest BCUT2D eigenvalue weighted by Crippen LogP contribution is 2.28. The van der Waals surface area contributed by atoms with E-state index in [1.807, 2.05) is 27.0 Å². The van der Waals surface area contributed by atoms with Crippen molar-refractivity contribution in [1.82, 2.24) is 14.8 Å².